The zero-order valence-electron chi connectivity index (χ0n) is 14.5. The largest absolute Gasteiger partial charge is 0.383 e. The zero-order chi connectivity index (χ0) is 16.9. The van der Waals surface area contributed by atoms with Crippen molar-refractivity contribution < 1.29 is 0 Å². The van der Waals surface area contributed by atoms with E-state index in [9.17, 15) is 0 Å². The highest BCUT2D eigenvalue weighted by Gasteiger charge is 2.21. The Balaban J connectivity index is 1.62. The molecule has 24 heavy (non-hydrogen) atoms. The van der Waals surface area contributed by atoms with E-state index in [0.29, 0.717) is 11.2 Å². The number of nitrogens with one attached hydrogen (secondary N) is 2. The lowest BCUT2D eigenvalue weighted by atomic mass is 10.1. The van der Waals surface area contributed by atoms with E-state index < -0.39 is 0 Å². The molecule has 2 N–H and O–H groups in total. The topological polar surface area (TPSA) is 55.8 Å². The lowest BCUT2D eigenvalue weighted by molar-refractivity contribution is 0.148. The van der Waals surface area contributed by atoms with E-state index in [2.05, 4.69) is 44.5 Å². The van der Waals surface area contributed by atoms with Crippen molar-refractivity contribution >= 4 is 28.7 Å². The van der Waals surface area contributed by atoms with Gasteiger partial charge in [0.2, 0.25) is 0 Å². The Morgan fingerprint density at radius 1 is 1.33 bits per heavy atom. The number of piperazine rings is 1. The van der Waals surface area contributed by atoms with E-state index >= 15 is 0 Å². The van der Waals surface area contributed by atoms with Crippen molar-refractivity contribution in [1.29, 1.82) is 0 Å². The molecule has 1 aromatic heterocycles. The van der Waals surface area contributed by atoms with E-state index in [0.717, 1.165) is 62.7 Å². The molecule has 0 spiro atoms. The molecule has 0 bridgehead atoms. The van der Waals surface area contributed by atoms with Gasteiger partial charge in [0.25, 0.3) is 0 Å². The van der Waals surface area contributed by atoms with Crippen LogP contribution in [0.4, 0.5) is 5.69 Å². The van der Waals surface area contributed by atoms with Gasteiger partial charge in [-0.1, -0.05) is 0 Å². The quantitative estimate of drug-likeness (QED) is 0.630. The lowest BCUT2D eigenvalue weighted by Gasteiger charge is -2.37. The number of hydrazone groups is 1. The molecular weight excluding hydrogens is 320 g/mol. The molecule has 130 valence electrons. The molecule has 2 aliphatic heterocycles. The molecule has 3 rings (SSSR count). The summed E-state index contributed by atoms with van der Waals surface area (Å²) >= 11 is 5.53. The zero-order valence-corrected chi connectivity index (χ0v) is 15.3. The number of aromatic nitrogens is 1. The van der Waals surface area contributed by atoms with Gasteiger partial charge in [0, 0.05) is 45.0 Å². The van der Waals surface area contributed by atoms with Gasteiger partial charge < -0.3 is 10.2 Å². The maximum absolute atomic E-state index is 5.53. The molecule has 1 saturated heterocycles. The number of pyridine rings is 1. The van der Waals surface area contributed by atoms with Gasteiger partial charge in [-0.25, -0.2) is 0 Å². The van der Waals surface area contributed by atoms with Crippen LogP contribution in [-0.4, -0.2) is 64.4 Å². The normalized spacial score (nSPS) is 20.5. The molecule has 2 aliphatic rings. The van der Waals surface area contributed by atoms with Crippen LogP contribution in [0.5, 0.6) is 0 Å². The number of fused-ring (bicyclic) bond motifs is 1. The summed E-state index contributed by atoms with van der Waals surface area (Å²) in [6, 6.07) is 4.59. The van der Waals surface area contributed by atoms with Gasteiger partial charge in [0.1, 0.15) is 5.69 Å². The second kappa shape index (κ2) is 7.90. The van der Waals surface area contributed by atoms with Crippen molar-refractivity contribution in [3.63, 3.8) is 0 Å². The third-order valence-corrected chi connectivity index (χ3v) is 4.95. The summed E-state index contributed by atoms with van der Waals surface area (Å²) in [6.07, 6.45) is 3.75. The first-order valence-corrected chi connectivity index (χ1v) is 9.11. The van der Waals surface area contributed by atoms with E-state index in [1.165, 1.54) is 0 Å². The van der Waals surface area contributed by atoms with E-state index in [-0.39, 0.29) is 0 Å². The van der Waals surface area contributed by atoms with Gasteiger partial charge in [-0.2, -0.15) is 5.10 Å². The van der Waals surface area contributed by atoms with Gasteiger partial charge in [-0.05, 0) is 51.0 Å². The third-order valence-electron chi connectivity index (χ3n) is 4.61. The summed E-state index contributed by atoms with van der Waals surface area (Å²) < 4.78 is 0. The van der Waals surface area contributed by atoms with Crippen LogP contribution in [0, 0.1) is 0 Å². The van der Waals surface area contributed by atoms with Crippen molar-refractivity contribution in [2.75, 3.05) is 38.0 Å². The summed E-state index contributed by atoms with van der Waals surface area (Å²) in [7, 11) is 0. The van der Waals surface area contributed by atoms with Crippen LogP contribution in [0.3, 0.4) is 0 Å². The van der Waals surface area contributed by atoms with Crippen molar-refractivity contribution in [2.45, 2.75) is 32.7 Å². The fourth-order valence-electron chi connectivity index (χ4n) is 3.11. The monoisotopic (exact) mass is 346 g/mol. The average molecular weight is 347 g/mol. The predicted octanol–water partition coefficient (Wildman–Crippen LogP) is 1.89. The Bertz CT molecular complexity index is 607. The molecule has 0 saturated carbocycles. The second-order valence-electron chi connectivity index (χ2n) is 6.52. The van der Waals surface area contributed by atoms with E-state index in [1.807, 2.05) is 18.3 Å². The van der Waals surface area contributed by atoms with Crippen molar-refractivity contribution in [1.82, 2.24) is 20.2 Å². The summed E-state index contributed by atoms with van der Waals surface area (Å²) in [5.41, 5.74) is 6.04. The summed E-state index contributed by atoms with van der Waals surface area (Å²) in [6.45, 7) is 9.41. The van der Waals surface area contributed by atoms with Gasteiger partial charge in [0.05, 0.1) is 11.4 Å². The maximum Gasteiger partial charge on any atom is 0.189 e. The molecule has 0 unspecified atom stereocenters. The fraction of sp³-hybridized carbons (Fsp3) is 0.588. The van der Waals surface area contributed by atoms with E-state index in [4.69, 9.17) is 12.2 Å². The average Bonchev–Trinajstić information content (AvgIpc) is 2.82. The molecule has 0 radical (unpaired) electrons. The highest BCUT2D eigenvalue weighted by Crippen LogP contribution is 2.19. The van der Waals surface area contributed by atoms with Crippen LogP contribution in [-0.2, 0) is 0 Å². The summed E-state index contributed by atoms with van der Waals surface area (Å²) in [5.74, 6) is 0. The van der Waals surface area contributed by atoms with Crippen LogP contribution >= 0.6 is 12.2 Å². The second-order valence-corrected chi connectivity index (χ2v) is 6.91. The summed E-state index contributed by atoms with van der Waals surface area (Å²) in [4.78, 5) is 9.16. The number of hydrogen-bond acceptors (Lipinski definition) is 5. The minimum absolute atomic E-state index is 0.593. The van der Waals surface area contributed by atoms with E-state index in [1.54, 1.807) is 0 Å². The maximum atomic E-state index is 5.53. The number of rotatable bonds is 2. The van der Waals surface area contributed by atoms with Crippen LogP contribution in [0.2, 0.25) is 0 Å². The third kappa shape index (κ3) is 4.02. The lowest BCUT2D eigenvalue weighted by Crippen LogP contribution is -2.52. The SMILES string of the molecule is CC(C)N1CCN(C(=S)N/N=C2/CCCNc3cccnc32)CC1. The molecule has 1 aromatic rings. The highest BCUT2D eigenvalue weighted by atomic mass is 32.1. The molecule has 7 heteroatoms. The van der Waals surface area contributed by atoms with Crippen molar-refractivity contribution in [3.05, 3.63) is 24.0 Å². The first-order valence-electron chi connectivity index (χ1n) is 8.70. The highest BCUT2D eigenvalue weighted by molar-refractivity contribution is 7.80. The number of thiocarbonyl (C=S) groups is 1. The standard InChI is InChI=1S/C17H26N6S/c1-13(2)22-9-11-23(12-10-22)17(24)21-20-15-6-4-7-18-14-5-3-8-19-16(14)15/h3,5,8,13,18H,4,6-7,9-12H2,1-2H3,(H,21,24)/b20-15-. The van der Waals surface area contributed by atoms with Crippen LogP contribution in [0.25, 0.3) is 0 Å². The Hall–Kier alpha value is -1.73. The Morgan fingerprint density at radius 2 is 2.12 bits per heavy atom. The molecule has 0 aromatic carbocycles. The molecule has 0 aliphatic carbocycles. The van der Waals surface area contributed by atoms with Gasteiger partial charge in [-0.15, -0.1) is 0 Å². The van der Waals surface area contributed by atoms with Gasteiger partial charge in [-0.3, -0.25) is 15.3 Å². The fourth-order valence-corrected chi connectivity index (χ4v) is 3.34. The van der Waals surface area contributed by atoms with Crippen LogP contribution in [0.15, 0.2) is 23.4 Å². The minimum atomic E-state index is 0.593. The molecule has 6 nitrogen and oxygen atoms in total. The smallest absolute Gasteiger partial charge is 0.189 e. The first kappa shape index (κ1) is 17.1. The van der Waals surface area contributed by atoms with Crippen molar-refractivity contribution in [2.24, 2.45) is 5.10 Å². The van der Waals surface area contributed by atoms with Crippen LogP contribution in [0.1, 0.15) is 32.4 Å². The number of anilines is 1. The molecule has 3 heterocycles. The molecule has 1 fully saturated rings. The molecular formula is C17H26N6S. The molecule has 0 amide bonds. The van der Waals surface area contributed by atoms with Gasteiger partial charge >= 0.3 is 0 Å². The molecule has 0 atom stereocenters. The predicted molar refractivity (Wildman–Crippen MR) is 103 cm³/mol. The minimum Gasteiger partial charge on any atom is -0.383 e. The van der Waals surface area contributed by atoms with Crippen LogP contribution < -0.4 is 10.7 Å². The number of nitrogens with zero attached hydrogens (tertiary/aromatic N) is 4. The first-order chi connectivity index (χ1) is 11.6. The van der Waals surface area contributed by atoms with Crippen molar-refractivity contribution in [3.8, 4) is 0 Å². The Kier molecular flexibility index (Phi) is 5.63. The summed E-state index contributed by atoms with van der Waals surface area (Å²) in [5, 5.41) is 8.69. The Labute approximate surface area is 149 Å². The number of hydrogen-bond donors (Lipinski definition) is 2. The Morgan fingerprint density at radius 3 is 2.88 bits per heavy atom. The van der Waals surface area contributed by atoms with Gasteiger partial charge in [0.15, 0.2) is 5.11 Å².